The number of carbonyl (C=O) groups excluding carboxylic acids is 2. The predicted octanol–water partition coefficient (Wildman–Crippen LogP) is 0.612. The summed E-state index contributed by atoms with van der Waals surface area (Å²) in [7, 11) is 0. The first-order valence-electron chi connectivity index (χ1n) is 7.99. The topological polar surface area (TPSA) is 73.9 Å². The van der Waals surface area contributed by atoms with Gasteiger partial charge in [0.15, 0.2) is 0 Å². The van der Waals surface area contributed by atoms with Gasteiger partial charge in [0.1, 0.15) is 12.4 Å². The van der Waals surface area contributed by atoms with E-state index in [1.807, 2.05) is 19.1 Å². The molecule has 0 saturated carbocycles. The molecule has 0 aromatic heterocycles. The third-order valence-corrected chi connectivity index (χ3v) is 4.69. The Bertz CT molecular complexity index is 676. The number of imide groups is 1. The Hall–Kier alpha value is -2.28. The zero-order valence-corrected chi connectivity index (χ0v) is 13.1. The summed E-state index contributed by atoms with van der Waals surface area (Å²) in [6.07, 6.45) is 0.328. The van der Waals surface area contributed by atoms with Crippen LogP contribution in [-0.4, -0.2) is 50.8 Å². The third-order valence-electron chi connectivity index (χ3n) is 4.69. The number of hydrogen-bond donors (Lipinski definition) is 2. The standard InChI is InChI=1S/C16H20N4O3/c1-10-6-11(20-4-2-14(21)18-16(20)22)7-13-15(10)23-9-12-8-17-3-5-19(12)13/h6-7,12,17H,2-5,8-9H2,1H3,(H,18,21,22)/t12-/m1/s1. The molecule has 0 unspecified atom stereocenters. The Kier molecular flexibility index (Phi) is 3.37. The molecule has 0 spiro atoms. The number of carbonyl (C=O) groups is 2. The highest BCUT2D eigenvalue weighted by atomic mass is 16.5. The number of benzene rings is 1. The van der Waals surface area contributed by atoms with E-state index in [1.165, 1.54) is 0 Å². The second-order valence-electron chi connectivity index (χ2n) is 6.23. The second kappa shape index (κ2) is 5.42. The van der Waals surface area contributed by atoms with Gasteiger partial charge in [-0.1, -0.05) is 0 Å². The van der Waals surface area contributed by atoms with E-state index in [4.69, 9.17) is 4.74 Å². The van der Waals surface area contributed by atoms with Crippen molar-refractivity contribution in [1.82, 2.24) is 10.6 Å². The Morgan fingerprint density at radius 1 is 1.26 bits per heavy atom. The number of aryl methyl sites for hydroxylation is 1. The van der Waals surface area contributed by atoms with E-state index in [2.05, 4.69) is 15.5 Å². The summed E-state index contributed by atoms with van der Waals surface area (Å²) in [6, 6.07) is 3.93. The number of amides is 3. The summed E-state index contributed by atoms with van der Waals surface area (Å²) in [5.41, 5.74) is 2.87. The second-order valence-corrected chi connectivity index (χ2v) is 6.23. The normalized spacial score (nSPS) is 23.8. The van der Waals surface area contributed by atoms with Crippen molar-refractivity contribution in [2.75, 3.05) is 42.6 Å². The number of ether oxygens (including phenoxy) is 1. The van der Waals surface area contributed by atoms with Gasteiger partial charge in [-0.05, 0) is 24.6 Å². The lowest BCUT2D eigenvalue weighted by atomic mass is 10.0. The molecular weight excluding hydrogens is 296 g/mol. The first kappa shape index (κ1) is 14.3. The molecule has 3 amide bonds. The first-order valence-corrected chi connectivity index (χ1v) is 7.99. The molecule has 3 heterocycles. The summed E-state index contributed by atoms with van der Waals surface area (Å²) < 4.78 is 5.96. The van der Waals surface area contributed by atoms with Gasteiger partial charge in [0.25, 0.3) is 0 Å². The lowest BCUT2D eigenvalue weighted by Gasteiger charge is -2.43. The zero-order chi connectivity index (χ0) is 16.0. The van der Waals surface area contributed by atoms with E-state index in [1.54, 1.807) is 4.90 Å². The van der Waals surface area contributed by atoms with Crippen LogP contribution in [-0.2, 0) is 4.79 Å². The molecule has 3 aliphatic heterocycles. The van der Waals surface area contributed by atoms with Crippen molar-refractivity contribution in [3.8, 4) is 5.75 Å². The number of urea groups is 1. The number of nitrogens with zero attached hydrogens (tertiary/aromatic N) is 2. The number of piperazine rings is 1. The van der Waals surface area contributed by atoms with Gasteiger partial charge in [-0.3, -0.25) is 15.0 Å². The fourth-order valence-corrected chi connectivity index (χ4v) is 3.51. The van der Waals surface area contributed by atoms with Crippen molar-refractivity contribution in [3.05, 3.63) is 17.7 Å². The molecule has 2 N–H and O–H groups in total. The lowest BCUT2D eigenvalue weighted by Crippen LogP contribution is -2.56. The van der Waals surface area contributed by atoms with Gasteiger partial charge in [0, 0.05) is 38.3 Å². The molecule has 2 saturated heterocycles. The van der Waals surface area contributed by atoms with Gasteiger partial charge in [0.05, 0.1) is 11.7 Å². The first-order chi connectivity index (χ1) is 11.1. The van der Waals surface area contributed by atoms with Gasteiger partial charge in [0.2, 0.25) is 5.91 Å². The van der Waals surface area contributed by atoms with Crippen LogP contribution in [0.5, 0.6) is 5.75 Å². The van der Waals surface area contributed by atoms with Crippen LogP contribution in [0.2, 0.25) is 0 Å². The van der Waals surface area contributed by atoms with Crippen LogP contribution in [0, 0.1) is 6.92 Å². The van der Waals surface area contributed by atoms with Gasteiger partial charge in [-0.25, -0.2) is 4.79 Å². The Labute approximate surface area is 134 Å². The van der Waals surface area contributed by atoms with Gasteiger partial charge in [-0.15, -0.1) is 0 Å². The van der Waals surface area contributed by atoms with Crippen LogP contribution in [0.3, 0.4) is 0 Å². The molecule has 4 rings (SSSR count). The molecule has 23 heavy (non-hydrogen) atoms. The Morgan fingerprint density at radius 2 is 2.13 bits per heavy atom. The van der Waals surface area contributed by atoms with Crippen LogP contribution in [0.4, 0.5) is 16.2 Å². The maximum atomic E-state index is 12.1. The van der Waals surface area contributed by atoms with E-state index < -0.39 is 0 Å². The maximum Gasteiger partial charge on any atom is 0.328 e. The quantitative estimate of drug-likeness (QED) is 0.794. The summed E-state index contributed by atoms with van der Waals surface area (Å²) in [5, 5.41) is 5.76. The van der Waals surface area contributed by atoms with Crippen LogP contribution in [0.25, 0.3) is 0 Å². The molecule has 1 atom stereocenters. The van der Waals surface area contributed by atoms with Gasteiger partial charge in [-0.2, -0.15) is 0 Å². The molecular formula is C16H20N4O3. The number of hydrogen-bond acceptors (Lipinski definition) is 5. The van der Waals surface area contributed by atoms with Gasteiger partial charge < -0.3 is 15.0 Å². The van der Waals surface area contributed by atoms with E-state index in [9.17, 15) is 9.59 Å². The summed E-state index contributed by atoms with van der Waals surface area (Å²) in [5.74, 6) is 0.687. The molecule has 0 aliphatic carbocycles. The van der Waals surface area contributed by atoms with Crippen LogP contribution in [0.1, 0.15) is 12.0 Å². The fourth-order valence-electron chi connectivity index (χ4n) is 3.51. The van der Waals surface area contributed by atoms with Crippen molar-refractivity contribution in [1.29, 1.82) is 0 Å². The molecule has 1 aromatic rings. The molecule has 2 fully saturated rings. The predicted molar refractivity (Wildman–Crippen MR) is 86.2 cm³/mol. The minimum absolute atomic E-state index is 0.216. The summed E-state index contributed by atoms with van der Waals surface area (Å²) >= 11 is 0. The average Bonchev–Trinajstić information content (AvgIpc) is 2.54. The number of nitrogens with one attached hydrogen (secondary N) is 2. The molecule has 7 nitrogen and oxygen atoms in total. The number of rotatable bonds is 1. The summed E-state index contributed by atoms with van der Waals surface area (Å²) in [6.45, 7) is 5.86. The van der Waals surface area contributed by atoms with Crippen molar-refractivity contribution in [2.45, 2.75) is 19.4 Å². The van der Waals surface area contributed by atoms with E-state index in [-0.39, 0.29) is 11.9 Å². The highest BCUT2D eigenvalue weighted by molar-refractivity contribution is 6.06. The maximum absolute atomic E-state index is 12.1. The van der Waals surface area contributed by atoms with E-state index in [0.29, 0.717) is 25.6 Å². The lowest BCUT2D eigenvalue weighted by molar-refractivity contribution is -0.120. The highest BCUT2D eigenvalue weighted by Gasteiger charge is 2.32. The molecule has 3 aliphatic rings. The summed E-state index contributed by atoms with van der Waals surface area (Å²) in [4.78, 5) is 27.4. The van der Waals surface area contributed by atoms with Crippen molar-refractivity contribution in [2.24, 2.45) is 0 Å². The smallest absolute Gasteiger partial charge is 0.328 e. The number of anilines is 2. The van der Waals surface area contributed by atoms with E-state index in [0.717, 1.165) is 42.3 Å². The van der Waals surface area contributed by atoms with E-state index >= 15 is 0 Å². The van der Waals surface area contributed by atoms with Crippen molar-refractivity contribution >= 4 is 23.3 Å². The minimum Gasteiger partial charge on any atom is -0.489 e. The SMILES string of the molecule is Cc1cc(N2CCC(=O)NC2=O)cc2c1OC[C@H]1CNCCN21. The molecule has 122 valence electrons. The van der Waals surface area contributed by atoms with Crippen molar-refractivity contribution in [3.63, 3.8) is 0 Å². The average molecular weight is 316 g/mol. The monoisotopic (exact) mass is 316 g/mol. The van der Waals surface area contributed by atoms with Crippen molar-refractivity contribution < 1.29 is 14.3 Å². The zero-order valence-electron chi connectivity index (χ0n) is 13.1. The van der Waals surface area contributed by atoms with Gasteiger partial charge >= 0.3 is 6.03 Å². The van der Waals surface area contributed by atoms with Crippen LogP contribution in [0.15, 0.2) is 12.1 Å². The van der Waals surface area contributed by atoms with Crippen LogP contribution < -0.4 is 25.2 Å². The highest BCUT2D eigenvalue weighted by Crippen LogP contribution is 2.40. The molecule has 1 aromatic carbocycles. The minimum atomic E-state index is -0.353. The Morgan fingerprint density at radius 3 is 2.96 bits per heavy atom. The third kappa shape index (κ3) is 2.41. The number of fused-ring (bicyclic) bond motifs is 3. The largest absolute Gasteiger partial charge is 0.489 e. The molecule has 7 heteroatoms. The fraction of sp³-hybridized carbons (Fsp3) is 0.500. The molecule has 0 radical (unpaired) electrons. The molecule has 0 bridgehead atoms. The van der Waals surface area contributed by atoms with Crippen LogP contribution >= 0.6 is 0 Å². The Balaban J connectivity index is 1.72.